The molecule has 0 aliphatic rings. The van der Waals surface area contributed by atoms with E-state index in [2.05, 4.69) is 0 Å². The first-order chi connectivity index (χ1) is 10.4. The summed E-state index contributed by atoms with van der Waals surface area (Å²) in [4.78, 5) is 0. The first-order valence-electron chi connectivity index (χ1n) is 2.87. The van der Waals surface area contributed by atoms with Crippen LogP contribution in [0.15, 0.2) is 0 Å². The number of halogens is 6. The van der Waals surface area contributed by atoms with Crippen LogP contribution in [0.1, 0.15) is 0 Å². The van der Waals surface area contributed by atoms with Gasteiger partial charge in [0.2, 0.25) is 0 Å². The minimum atomic E-state index is -2.60. The van der Waals surface area contributed by atoms with Gasteiger partial charge in [0.15, 0.2) is 0 Å². The van der Waals surface area contributed by atoms with E-state index in [1.54, 1.807) is 0 Å². The average Bonchev–Trinajstić information content (AvgIpc) is 2.08. The average molecular weight is 739 g/mol. The van der Waals surface area contributed by atoms with Gasteiger partial charge in [-0.2, -0.15) is 0 Å². The molecule has 0 aliphatic carbocycles. The van der Waals surface area contributed by atoms with E-state index in [9.17, 15) is 0 Å². The predicted octanol–water partition coefficient (Wildman–Crippen LogP) is -18.3. The van der Waals surface area contributed by atoms with E-state index in [0.29, 0.717) is 0 Å². The van der Waals surface area contributed by atoms with E-state index < -0.39 is 64.7 Å². The van der Waals surface area contributed by atoms with E-state index in [0.717, 1.165) is 0 Å². The van der Waals surface area contributed by atoms with Crippen molar-refractivity contribution in [2.24, 2.45) is 0 Å². The van der Waals surface area contributed by atoms with Gasteiger partial charge in [-0.25, -0.2) is 0 Å². The molecule has 0 bridgehead atoms. The first kappa shape index (κ1) is 51.7. The molecule has 0 aliphatic heterocycles. The summed E-state index contributed by atoms with van der Waals surface area (Å²) in [5.74, 6) is 0. The zero-order valence-electron chi connectivity index (χ0n) is 10.2. The van der Waals surface area contributed by atoms with E-state index in [-0.39, 0.29) is 71.5 Å². The number of hydrogen-bond acceptors (Lipinski definition) is 18. The topological polar surface area (TPSA) is 398 Å². The Morgan fingerprint density at radius 1 is 0.308 bits per heavy atom. The molecule has 0 aromatic rings. The third-order valence-corrected chi connectivity index (χ3v) is 0. The molecule has 0 saturated heterocycles. The van der Waals surface area contributed by atoms with Gasteiger partial charge in [0, 0.05) is 48.1 Å². The molecule has 0 spiro atoms. The second-order valence-corrected chi connectivity index (χ2v) is 3.62. The zero-order chi connectivity index (χ0) is 21.5. The maximum absolute atomic E-state index is 8.52. The fourth-order valence-corrected chi connectivity index (χ4v) is 0. The van der Waals surface area contributed by atoms with Crippen molar-refractivity contribution < 1.29 is 169 Å². The molecule has 0 heterocycles. The van der Waals surface area contributed by atoms with Crippen LogP contribution in [0.5, 0.6) is 0 Å². The number of rotatable bonds is 0. The van der Waals surface area contributed by atoms with Crippen molar-refractivity contribution in [3.8, 4) is 0 Å². The van der Waals surface area contributed by atoms with Gasteiger partial charge in [-0.15, -0.1) is 0 Å². The second kappa shape index (κ2) is 46.5. The monoisotopic (exact) mass is 737 g/mol. The Hall–Kier alpha value is 3.31. The van der Waals surface area contributed by atoms with Crippen LogP contribution in [0.2, 0.25) is 0 Å². The van der Waals surface area contributed by atoms with Gasteiger partial charge < -0.3 is 55.9 Å². The van der Waals surface area contributed by atoms with E-state index >= 15 is 0 Å². The van der Waals surface area contributed by atoms with Gasteiger partial charge in [-0.3, -0.25) is 0 Å². The van der Waals surface area contributed by atoms with Crippen molar-refractivity contribution in [1.29, 1.82) is 0 Å². The molecular formula is H7Cl6IrKO18. The van der Waals surface area contributed by atoms with Gasteiger partial charge >= 0.3 is 51.4 Å². The first-order valence-corrected chi connectivity index (χ1v) is 8.60. The standard InChI is InChI=1S/6ClHO3.Ir.K.H/c6*2-1(3)4;;;/h6*2H;;;. The fourth-order valence-electron chi connectivity index (χ4n) is 0. The molecule has 0 saturated carbocycles. The Balaban J connectivity index is -0.0000000245. The molecule has 0 rings (SSSR count). The smallest absolute Gasteiger partial charge is 0.282 e. The Morgan fingerprint density at radius 3 is 0.308 bits per heavy atom. The van der Waals surface area contributed by atoms with Crippen LogP contribution < -0.4 is 55.9 Å². The van der Waals surface area contributed by atoms with Crippen molar-refractivity contribution in [1.82, 2.24) is 0 Å². The molecule has 0 amide bonds. The number of hydrogen-bond donors (Lipinski definition) is 6. The molecular weight excluding hydrogens is 732 g/mol. The largest absolute Gasteiger partial charge is 0.321 e. The second-order valence-electron chi connectivity index (χ2n) is 1.21. The maximum Gasteiger partial charge on any atom is 0.282 e. The summed E-state index contributed by atoms with van der Waals surface area (Å²) in [5, 5.41) is 0. The Labute approximate surface area is 217 Å². The van der Waals surface area contributed by atoms with Crippen LogP contribution in [0.25, 0.3) is 0 Å². The van der Waals surface area contributed by atoms with E-state index in [4.69, 9.17) is 83.9 Å². The molecule has 0 fully saturated rings. The Morgan fingerprint density at radius 2 is 0.308 bits per heavy atom. The quantitative estimate of drug-likeness (QED) is 0.126. The van der Waals surface area contributed by atoms with Gasteiger partial charge in [-0.05, 0) is 0 Å². The van der Waals surface area contributed by atoms with Crippen LogP contribution in [-0.4, -0.2) is 79.3 Å². The van der Waals surface area contributed by atoms with Gasteiger partial charge in [0.25, 0.3) is 64.7 Å². The SMILES string of the molecule is [Ir].[KH].[O-][Cl+2]([O-])O.[O-][Cl+2]([O-])O.[O-][Cl+2]([O-])O.[O-][Cl+2]([O-])O.[O-][Cl+2]([O-])O.[O-][Cl+2]([O-])O. The van der Waals surface area contributed by atoms with Crippen molar-refractivity contribution >= 4 is 51.4 Å². The Bertz CT molecular complexity index is 107. The molecule has 26 heteroatoms. The minimum absolute atomic E-state index is 0. The molecule has 1 radical (unpaired) electrons. The van der Waals surface area contributed by atoms with E-state index in [1.807, 2.05) is 0 Å². The zero-order valence-corrected chi connectivity index (χ0v) is 17.1. The summed E-state index contributed by atoms with van der Waals surface area (Å²) in [6.45, 7) is 0. The molecule has 6 N–H and O–H groups in total. The minimum Gasteiger partial charge on any atom is -0.321 e. The van der Waals surface area contributed by atoms with E-state index in [1.165, 1.54) is 0 Å². The predicted molar refractivity (Wildman–Crippen MR) is 20.5 cm³/mol. The Kier molecular flexibility index (Phi) is 92.5. The van der Waals surface area contributed by atoms with Gasteiger partial charge in [-0.1, -0.05) is 0 Å². The van der Waals surface area contributed by atoms with Gasteiger partial charge in [0.05, 0.1) is 0 Å². The molecule has 26 heavy (non-hydrogen) atoms. The summed E-state index contributed by atoms with van der Waals surface area (Å²) in [7, 11) is -15.6. The molecule has 0 unspecified atom stereocenters. The molecule has 0 atom stereocenters. The molecule has 167 valence electrons. The summed E-state index contributed by atoms with van der Waals surface area (Å²) in [5.41, 5.74) is 0. The fraction of sp³-hybridized carbons (Fsp3) is 0. The maximum atomic E-state index is 8.52. The van der Waals surface area contributed by atoms with Crippen LogP contribution in [0.3, 0.4) is 0 Å². The van der Waals surface area contributed by atoms with Crippen molar-refractivity contribution in [3.63, 3.8) is 0 Å². The van der Waals surface area contributed by atoms with Gasteiger partial charge in [0.1, 0.15) is 0 Å². The van der Waals surface area contributed by atoms with Crippen molar-refractivity contribution in [3.05, 3.63) is 0 Å². The van der Waals surface area contributed by atoms with Crippen molar-refractivity contribution in [2.75, 3.05) is 0 Å². The van der Waals surface area contributed by atoms with Crippen LogP contribution in [-0.2, 0) is 20.1 Å². The normalized spacial score (nSPS) is 8.31. The summed E-state index contributed by atoms with van der Waals surface area (Å²) >= 11 is 0. The van der Waals surface area contributed by atoms with Crippen LogP contribution >= 0.6 is 0 Å². The molecule has 18 nitrogen and oxygen atoms in total. The third-order valence-electron chi connectivity index (χ3n) is 0. The summed E-state index contributed by atoms with van der Waals surface area (Å²) in [6, 6.07) is 0. The van der Waals surface area contributed by atoms with Crippen molar-refractivity contribution in [2.45, 2.75) is 0 Å². The molecule has 0 aromatic carbocycles. The summed E-state index contributed by atoms with van der Waals surface area (Å²) < 4.78 is 144. The van der Waals surface area contributed by atoms with Crippen LogP contribution in [0.4, 0.5) is 0 Å². The van der Waals surface area contributed by atoms with Crippen LogP contribution in [0, 0.1) is 64.7 Å². The third kappa shape index (κ3) is 1730. The summed E-state index contributed by atoms with van der Waals surface area (Å²) in [6.07, 6.45) is 0. The molecule has 0 aromatic heterocycles.